The molecule has 0 atom stereocenters. The summed E-state index contributed by atoms with van der Waals surface area (Å²) >= 11 is 0. The molecule has 0 saturated carbocycles. The third-order valence-electron chi connectivity index (χ3n) is 1.79. The Morgan fingerprint density at radius 3 is 2.67 bits per heavy atom. The Labute approximate surface area is 93.7 Å². The number of allylic oxidation sites excluding steroid dienone is 1. The van der Waals surface area contributed by atoms with Crippen LogP contribution >= 0.6 is 10.7 Å². The van der Waals surface area contributed by atoms with Crippen molar-refractivity contribution in [1.29, 1.82) is 0 Å². The summed E-state index contributed by atoms with van der Waals surface area (Å²) < 4.78 is 26.4. The normalized spacial score (nSPS) is 11.9. The summed E-state index contributed by atoms with van der Waals surface area (Å²) in [5, 5.41) is 0.973. The summed E-state index contributed by atoms with van der Waals surface area (Å²) in [7, 11) is 3.03. The Kier molecular flexibility index (Phi) is 4.17. The average molecular weight is 247 g/mol. The van der Waals surface area contributed by atoms with Crippen molar-refractivity contribution in [3.63, 3.8) is 0 Å². The molecule has 0 aromatic heterocycles. The van der Waals surface area contributed by atoms with Gasteiger partial charge >= 0.3 is 0 Å². The van der Waals surface area contributed by atoms with E-state index in [0.29, 0.717) is 6.42 Å². The third-order valence-corrected chi connectivity index (χ3v) is 2.62. The Morgan fingerprint density at radius 1 is 1.40 bits per heavy atom. The van der Waals surface area contributed by atoms with Crippen LogP contribution in [-0.2, 0) is 15.5 Å². The highest BCUT2D eigenvalue weighted by atomic mass is 35.7. The van der Waals surface area contributed by atoms with E-state index in [0.717, 1.165) is 16.7 Å². The molecule has 0 spiro atoms. The minimum Gasteiger partial charge on any atom is -0.496 e. The van der Waals surface area contributed by atoms with E-state index in [4.69, 9.17) is 15.4 Å². The van der Waals surface area contributed by atoms with Gasteiger partial charge in [-0.2, -0.15) is 0 Å². The van der Waals surface area contributed by atoms with Crippen LogP contribution in [0.15, 0.2) is 35.7 Å². The molecule has 0 heterocycles. The molecule has 0 aliphatic heterocycles. The highest BCUT2D eigenvalue weighted by Gasteiger charge is 2.00. The van der Waals surface area contributed by atoms with Crippen LogP contribution in [0.3, 0.4) is 0 Å². The maximum Gasteiger partial charge on any atom is 0.254 e. The van der Waals surface area contributed by atoms with Crippen LogP contribution in [0.2, 0.25) is 0 Å². The monoisotopic (exact) mass is 246 g/mol. The molecule has 1 aromatic carbocycles. The summed E-state index contributed by atoms with van der Waals surface area (Å²) in [4.78, 5) is 0. The topological polar surface area (TPSA) is 43.4 Å². The van der Waals surface area contributed by atoms with Gasteiger partial charge in [-0.05, 0) is 18.1 Å². The molecule has 0 bridgehead atoms. The summed E-state index contributed by atoms with van der Waals surface area (Å²) in [5.41, 5.74) is 0.913. The standard InChI is InChI=1S/C10H11ClO3S/c1-14-10-7-3-2-5-9(10)6-4-8-15(11,12)13/h2-5,7-8H,6H2,1H3/b8-4-. The molecule has 0 fully saturated rings. The second-order valence-electron chi connectivity index (χ2n) is 2.86. The molecule has 0 amide bonds. The van der Waals surface area contributed by atoms with E-state index in [-0.39, 0.29) is 0 Å². The Hall–Kier alpha value is -1.00. The van der Waals surface area contributed by atoms with E-state index in [1.807, 2.05) is 24.3 Å². The molecule has 15 heavy (non-hydrogen) atoms. The maximum absolute atomic E-state index is 10.6. The van der Waals surface area contributed by atoms with Crippen LogP contribution in [0, 0.1) is 0 Å². The summed E-state index contributed by atoms with van der Waals surface area (Å²) in [5.74, 6) is 0.731. The molecule has 1 rings (SSSR count). The van der Waals surface area contributed by atoms with Crippen LogP contribution in [0.25, 0.3) is 0 Å². The summed E-state index contributed by atoms with van der Waals surface area (Å²) in [6.45, 7) is 0. The number of rotatable bonds is 4. The number of hydrogen-bond donors (Lipinski definition) is 0. The summed E-state index contributed by atoms with van der Waals surface area (Å²) in [6.07, 6.45) is 1.95. The number of methoxy groups -OCH3 is 1. The van der Waals surface area contributed by atoms with E-state index < -0.39 is 9.05 Å². The average Bonchev–Trinajstić information content (AvgIpc) is 2.16. The number of benzene rings is 1. The van der Waals surface area contributed by atoms with Crippen LogP contribution in [0.1, 0.15) is 5.56 Å². The summed E-state index contributed by atoms with van der Waals surface area (Å²) in [6, 6.07) is 7.40. The maximum atomic E-state index is 10.6. The second kappa shape index (κ2) is 5.19. The fourth-order valence-electron chi connectivity index (χ4n) is 1.16. The number of hydrogen-bond acceptors (Lipinski definition) is 3. The predicted molar refractivity (Wildman–Crippen MR) is 60.6 cm³/mol. The first-order valence-corrected chi connectivity index (χ1v) is 6.63. The van der Waals surface area contributed by atoms with Crippen molar-refractivity contribution >= 4 is 19.7 Å². The van der Waals surface area contributed by atoms with E-state index in [1.165, 1.54) is 6.08 Å². The molecule has 0 aliphatic rings. The Morgan fingerprint density at radius 2 is 2.07 bits per heavy atom. The molecule has 0 unspecified atom stereocenters. The minimum absolute atomic E-state index is 0.468. The van der Waals surface area contributed by atoms with E-state index in [9.17, 15) is 8.42 Å². The van der Waals surface area contributed by atoms with Gasteiger partial charge in [-0.3, -0.25) is 0 Å². The van der Waals surface area contributed by atoms with Gasteiger partial charge in [-0.25, -0.2) is 8.42 Å². The predicted octanol–water partition coefficient (Wildman–Crippen LogP) is 2.32. The molecular formula is C10H11ClO3S. The highest BCUT2D eigenvalue weighted by Crippen LogP contribution is 2.18. The smallest absolute Gasteiger partial charge is 0.254 e. The largest absolute Gasteiger partial charge is 0.496 e. The van der Waals surface area contributed by atoms with Gasteiger partial charge < -0.3 is 4.74 Å². The van der Waals surface area contributed by atoms with Gasteiger partial charge in [-0.15, -0.1) is 0 Å². The van der Waals surface area contributed by atoms with Gasteiger partial charge in [0.1, 0.15) is 5.75 Å². The van der Waals surface area contributed by atoms with Crippen molar-refractivity contribution in [3.8, 4) is 5.75 Å². The minimum atomic E-state index is -3.56. The highest BCUT2D eigenvalue weighted by molar-refractivity contribution is 8.16. The number of ether oxygens (including phenoxy) is 1. The number of halogens is 1. The molecule has 5 heteroatoms. The lowest BCUT2D eigenvalue weighted by Crippen LogP contribution is -1.90. The molecule has 0 aliphatic carbocycles. The fraction of sp³-hybridized carbons (Fsp3) is 0.200. The lowest BCUT2D eigenvalue weighted by atomic mass is 10.1. The first-order chi connectivity index (χ1) is 7.03. The van der Waals surface area contributed by atoms with Gasteiger partial charge in [0.15, 0.2) is 0 Å². The van der Waals surface area contributed by atoms with E-state index in [2.05, 4.69) is 0 Å². The Balaban J connectivity index is 2.77. The zero-order chi connectivity index (χ0) is 11.3. The zero-order valence-electron chi connectivity index (χ0n) is 8.18. The van der Waals surface area contributed by atoms with Crippen molar-refractivity contribution in [2.75, 3.05) is 7.11 Å². The quantitative estimate of drug-likeness (QED) is 0.766. The van der Waals surface area contributed by atoms with Crippen molar-refractivity contribution in [2.45, 2.75) is 6.42 Å². The molecular weight excluding hydrogens is 236 g/mol. The first-order valence-electron chi connectivity index (χ1n) is 4.26. The number of para-hydroxylation sites is 1. The van der Waals surface area contributed by atoms with Crippen molar-refractivity contribution in [2.24, 2.45) is 0 Å². The van der Waals surface area contributed by atoms with Crippen LogP contribution < -0.4 is 4.74 Å². The van der Waals surface area contributed by atoms with E-state index >= 15 is 0 Å². The van der Waals surface area contributed by atoms with Crippen molar-refractivity contribution in [1.82, 2.24) is 0 Å². The molecule has 0 N–H and O–H groups in total. The van der Waals surface area contributed by atoms with Gasteiger partial charge in [-0.1, -0.05) is 24.3 Å². The van der Waals surface area contributed by atoms with Gasteiger partial charge in [0.25, 0.3) is 9.05 Å². The lowest BCUT2D eigenvalue weighted by Gasteiger charge is -2.04. The van der Waals surface area contributed by atoms with Crippen molar-refractivity contribution < 1.29 is 13.2 Å². The van der Waals surface area contributed by atoms with Crippen LogP contribution in [0.5, 0.6) is 5.75 Å². The van der Waals surface area contributed by atoms with Gasteiger partial charge in [0.2, 0.25) is 0 Å². The second-order valence-corrected chi connectivity index (χ2v) is 5.38. The molecule has 3 nitrogen and oxygen atoms in total. The van der Waals surface area contributed by atoms with Crippen LogP contribution in [0.4, 0.5) is 0 Å². The molecule has 0 radical (unpaired) electrons. The first kappa shape index (κ1) is 12.1. The van der Waals surface area contributed by atoms with E-state index in [1.54, 1.807) is 7.11 Å². The Bertz CT molecular complexity index is 451. The third kappa shape index (κ3) is 4.36. The van der Waals surface area contributed by atoms with Gasteiger partial charge in [0.05, 0.1) is 7.11 Å². The van der Waals surface area contributed by atoms with Gasteiger partial charge in [0, 0.05) is 16.1 Å². The SMILES string of the molecule is COc1ccccc1C/C=C\S(=O)(=O)Cl. The van der Waals surface area contributed by atoms with Crippen molar-refractivity contribution in [3.05, 3.63) is 41.3 Å². The fourth-order valence-corrected chi connectivity index (χ4v) is 1.71. The molecule has 1 aromatic rings. The zero-order valence-corrected chi connectivity index (χ0v) is 9.75. The van der Waals surface area contributed by atoms with Crippen LogP contribution in [-0.4, -0.2) is 15.5 Å². The molecule has 0 saturated heterocycles. The molecule has 82 valence electrons. The lowest BCUT2D eigenvalue weighted by molar-refractivity contribution is 0.410.